The van der Waals surface area contributed by atoms with Gasteiger partial charge in [0.15, 0.2) is 11.5 Å². The summed E-state index contributed by atoms with van der Waals surface area (Å²) in [4.78, 5) is 26.0. The predicted octanol–water partition coefficient (Wildman–Crippen LogP) is 2.70. The summed E-state index contributed by atoms with van der Waals surface area (Å²) >= 11 is 0. The number of Topliss-reactive ketones (excluding diaryl/α,β-unsaturated/α-hetero) is 2. The molecular weight excluding hydrogens is 342 g/mol. The van der Waals surface area contributed by atoms with Crippen molar-refractivity contribution in [3.63, 3.8) is 0 Å². The summed E-state index contributed by atoms with van der Waals surface area (Å²) < 4.78 is 5.42. The van der Waals surface area contributed by atoms with Crippen molar-refractivity contribution in [3.05, 3.63) is 93.6 Å². The fourth-order valence-corrected chi connectivity index (χ4v) is 3.39. The molecule has 27 heavy (non-hydrogen) atoms. The van der Waals surface area contributed by atoms with Crippen LogP contribution in [-0.4, -0.2) is 11.6 Å². The van der Waals surface area contributed by atoms with E-state index in [1.54, 1.807) is 48.5 Å². The third-order valence-corrected chi connectivity index (χ3v) is 4.66. The highest BCUT2D eigenvalue weighted by Gasteiger charge is 2.43. The SMILES string of the molecule is N#CC1=C(N)OC2=C(C(=O)c3ccccc3C2=O)C1c1ccc(C#N)cc1. The molecule has 1 unspecified atom stereocenters. The Morgan fingerprint density at radius 2 is 1.52 bits per heavy atom. The van der Waals surface area contributed by atoms with E-state index in [1.807, 2.05) is 12.1 Å². The highest BCUT2D eigenvalue weighted by molar-refractivity contribution is 6.27. The van der Waals surface area contributed by atoms with Crippen molar-refractivity contribution >= 4 is 11.6 Å². The molecule has 2 aliphatic rings. The minimum Gasteiger partial charge on any atom is -0.436 e. The number of carbonyl (C=O) groups is 2. The summed E-state index contributed by atoms with van der Waals surface area (Å²) in [5.74, 6) is -2.01. The number of fused-ring (bicyclic) bond motifs is 1. The molecule has 128 valence electrons. The minimum atomic E-state index is -0.837. The van der Waals surface area contributed by atoms with E-state index in [4.69, 9.17) is 15.7 Å². The average molecular weight is 353 g/mol. The van der Waals surface area contributed by atoms with E-state index in [0.29, 0.717) is 11.1 Å². The first kappa shape index (κ1) is 16.3. The third-order valence-electron chi connectivity index (χ3n) is 4.66. The quantitative estimate of drug-likeness (QED) is 0.842. The molecule has 1 aliphatic carbocycles. The van der Waals surface area contributed by atoms with E-state index in [2.05, 4.69) is 0 Å². The standard InChI is InChI=1S/C21H11N3O3/c22-9-11-5-7-12(8-6-11)16-15(10-23)21(24)27-20-17(16)18(25)13-3-1-2-4-14(13)19(20)26/h1-8,16H,24H2. The van der Waals surface area contributed by atoms with Crippen molar-refractivity contribution in [2.24, 2.45) is 5.73 Å². The highest BCUT2D eigenvalue weighted by Crippen LogP contribution is 2.43. The first-order valence-corrected chi connectivity index (χ1v) is 8.07. The summed E-state index contributed by atoms with van der Waals surface area (Å²) in [6.07, 6.45) is 0. The first-order valence-electron chi connectivity index (χ1n) is 8.07. The molecule has 0 amide bonds. The van der Waals surface area contributed by atoms with E-state index >= 15 is 0 Å². The lowest BCUT2D eigenvalue weighted by Crippen LogP contribution is -2.32. The van der Waals surface area contributed by atoms with Crippen LogP contribution in [0.4, 0.5) is 0 Å². The maximum Gasteiger partial charge on any atom is 0.229 e. The number of carbonyl (C=O) groups excluding carboxylic acids is 2. The van der Waals surface area contributed by atoms with Crippen LogP contribution in [0, 0.1) is 22.7 Å². The number of nitrogens with two attached hydrogens (primary N) is 1. The number of benzene rings is 2. The third kappa shape index (κ3) is 2.32. The van der Waals surface area contributed by atoms with Gasteiger partial charge in [0.05, 0.1) is 23.1 Å². The molecule has 0 aromatic heterocycles. The number of nitrogens with zero attached hydrogens (tertiary/aromatic N) is 2. The fraction of sp³-hybridized carbons (Fsp3) is 0.0476. The zero-order valence-electron chi connectivity index (χ0n) is 13.9. The number of nitriles is 2. The summed E-state index contributed by atoms with van der Waals surface area (Å²) in [6.45, 7) is 0. The Morgan fingerprint density at radius 1 is 0.889 bits per heavy atom. The van der Waals surface area contributed by atoms with Gasteiger partial charge >= 0.3 is 0 Å². The Bertz CT molecular complexity index is 1160. The first-order chi connectivity index (χ1) is 13.1. The van der Waals surface area contributed by atoms with Gasteiger partial charge in [-0.2, -0.15) is 10.5 Å². The van der Waals surface area contributed by atoms with Crippen molar-refractivity contribution < 1.29 is 14.3 Å². The van der Waals surface area contributed by atoms with Crippen LogP contribution in [0.2, 0.25) is 0 Å². The number of hydrogen-bond donors (Lipinski definition) is 1. The Morgan fingerprint density at radius 3 is 2.11 bits per heavy atom. The van der Waals surface area contributed by atoms with E-state index in [0.717, 1.165) is 0 Å². The molecule has 1 aliphatic heterocycles. The lowest BCUT2D eigenvalue weighted by Gasteiger charge is -2.30. The number of hydrogen-bond acceptors (Lipinski definition) is 6. The van der Waals surface area contributed by atoms with Crippen molar-refractivity contribution in [1.82, 2.24) is 0 Å². The van der Waals surface area contributed by atoms with Gasteiger partial charge in [0.2, 0.25) is 11.7 Å². The van der Waals surface area contributed by atoms with Gasteiger partial charge in [0, 0.05) is 11.1 Å². The maximum absolute atomic E-state index is 13.2. The topological polar surface area (TPSA) is 117 Å². The summed E-state index contributed by atoms with van der Waals surface area (Å²) in [5, 5.41) is 18.6. The molecule has 1 heterocycles. The lowest BCUT2D eigenvalue weighted by atomic mass is 9.75. The smallest absolute Gasteiger partial charge is 0.229 e. The summed E-state index contributed by atoms with van der Waals surface area (Å²) in [6, 6.07) is 16.9. The molecule has 1 atom stereocenters. The van der Waals surface area contributed by atoms with Crippen LogP contribution in [0.1, 0.15) is 37.8 Å². The molecule has 0 saturated heterocycles. The number of allylic oxidation sites excluding steroid dienone is 3. The summed E-state index contributed by atoms with van der Waals surface area (Å²) in [7, 11) is 0. The summed E-state index contributed by atoms with van der Waals surface area (Å²) in [5.41, 5.74) is 7.56. The molecule has 0 fully saturated rings. The maximum atomic E-state index is 13.2. The molecule has 0 radical (unpaired) electrons. The fourth-order valence-electron chi connectivity index (χ4n) is 3.39. The lowest BCUT2D eigenvalue weighted by molar-refractivity contribution is 0.0897. The van der Waals surface area contributed by atoms with E-state index in [-0.39, 0.29) is 39.7 Å². The highest BCUT2D eigenvalue weighted by atomic mass is 16.5. The van der Waals surface area contributed by atoms with Crippen LogP contribution in [0.3, 0.4) is 0 Å². The van der Waals surface area contributed by atoms with Crippen LogP contribution in [0.5, 0.6) is 0 Å². The molecule has 0 saturated carbocycles. The molecule has 4 rings (SSSR count). The van der Waals surface area contributed by atoms with E-state index in [1.165, 1.54) is 0 Å². The van der Waals surface area contributed by atoms with Crippen molar-refractivity contribution in [3.8, 4) is 12.1 Å². The van der Waals surface area contributed by atoms with Crippen LogP contribution in [0.15, 0.2) is 71.3 Å². The van der Waals surface area contributed by atoms with Gasteiger partial charge in [-0.1, -0.05) is 36.4 Å². The van der Waals surface area contributed by atoms with Crippen molar-refractivity contribution in [2.45, 2.75) is 5.92 Å². The number of ether oxygens (including phenoxy) is 1. The second-order valence-electron chi connectivity index (χ2n) is 6.11. The normalized spacial score (nSPS) is 18.2. The monoisotopic (exact) mass is 353 g/mol. The molecule has 6 nitrogen and oxygen atoms in total. The Labute approximate surface area is 154 Å². The van der Waals surface area contributed by atoms with Gasteiger partial charge in [-0.25, -0.2) is 0 Å². The average Bonchev–Trinajstić information content (AvgIpc) is 2.71. The van der Waals surface area contributed by atoms with Crippen LogP contribution in [-0.2, 0) is 4.74 Å². The van der Waals surface area contributed by atoms with Crippen LogP contribution < -0.4 is 5.73 Å². The van der Waals surface area contributed by atoms with Gasteiger partial charge in [0.25, 0.3) is 0 Å². The van der Waals surface area contributed by atoms with Crippen LogP contribution >= 0.6 is 0 Å². The predicted molar refractivity (Wildman–Crippen MR) is 93.9 cm³/mol. The Kier molecular flexibility index (Phi) is 3.61. The van der Waals surface area contributed by atoms with Gasteiger partial charge in [0.1, 0.15) is 11.6 Å². The molecule has 2 aromatic rings. The second-order valence-corrected chi connectivity index (χ2v) is 6.11. The number of ketones is 2. The molecule has 0 spiro atoms. The molecular formula is C21H11N3O3. The molecule has 6 heteroatoms. The molecule has 2 N–H and O–H groups in total. The molecule has 2 aromatic carbocycles. The Balaban J connectivity index is 1.96. The van der Waals surface area contributed by atoms with Gasteiger partial charge in [-0.15, -0.1) is 0 Å². The zero-order chi connectivity index (χ0) is 19.1. The molecule has 0 bridgehead atoms. The minimum absolute atomic E-state index is 0.0546. The van der Waals surface area contributed by atoms with Crippen molar-refractivity contribution in [2.75, 3.05) is 0 Å². The van der Waals surface area contributed by atoms with E-state index < -0.39 is 11.7 Å². The van der Waals surface area contributed by atoms with Gasteiger partial charge in [-0.05, 0) is 17.7 Å². The van der Waals surface area contributed by atoms with Crippen molar-refractivity contribution in [1.29, 1.82) is 10.5 Å². The zero-order valence-corrected chi connectivity index (χ0v) is 13.9. The van der Waals surface area contributed by atoms with Gasteiger partial charge < -0.3 is 10.5 Å². The van der Waals surface area contributed by atoms with Crippen LogP contribution in [0.25, 0.3) is 0 Å². The Hall–Kier alpha value is -4.16. The largest absolute Gasteiger partial charge is 0.436 e. The van der Waals surface area contributed by atoms with Gasteiger partial charge in [-0.3, -0.25) is 9.59 Å². The van der Waals surface area contributed by atoms with E-state index in [9.17, 15) is 14.9 Å². The number of rotatable bonds is 1. The second kappa shape index (κ2) is 5.98.